The Hall–Kier alpha value is -1.38. The van der Waals surface area contributed by atoms with Crippen molar-refractivity contribution in [1.82, 2.24) is 20.2 Å². The normalized spacial score (nSPS) is 17.4. The summed E-state index contributed by atoms with van der Waals surface area (Å²) in [5, 5.41) is 3.58. The number of aryl methyl sites for hydroxylation is 2. The van der Waals surface area contributed by atoms with E-state index in [1.807, 2.05) is 20.8 Å². The summed E-state index contributed by atoms with van der Waals surface area (Å²) in [5.41, 5.74) is 0.917. The highest BCUT2D eigenvalue weighted by Crippen LogP contribution is 2.26. The van der Waals surface area contributed by atoms with Crippen LogP contribution in [0.5, 0.6) is 0 Å². The van der Waals surface area contributed by atoms with Crippen LogP contribution in [0, 0.1) is 19.8 Å². The Morgan fingerprint density at radius 3 is 2.72 bits per heavy atom. The van der Waals surface area contributed by atoms with Gasteiger partial charge in [-0.2, -0.15) is 0 Å². The molecule has 0 radical (unpaired) electrons. The fourth-order valence-electron chi connectivity index (χ4n) is 3.71. The fourth-order valence-corrected chi connectivity index (χ4v) is 5.54. The molecule has 0 saturated carbocycles. The zero-order chi connectivity index (χ0) is 21.0. The molecule has 2 N–H and O–H groups in total. The molecular formula is C21H32N4O2S2. The van der Waals surface area contributed by atoms with Gasteiger partial charge in [-0.3, -0.25) is 9.59 Å². The van der Waals surface area contributed by atoms with Crippen molar-refractivity contribution in [2.45, 2.75) is 58.0 Å². The van der Waals surface area contributed by atoms with Gasteiger partial charge in [0, 0.05) is 18.0 Å². The van der Waals surface area contributed by atoms with Gasteiger partial charge in [0.05, 0.1) is 16.4 Å². The predicted octanol–water partition coefficient (Wildman–Crippen LogP) is 3.46. The molecule has 2 atom stereocenters. The van der Waals surface area contributed by atoms with E-state index >= 15 is 0 Å². The molecular weight excluding hydrogens is 404 g/mol. The number of nitrogens with one attached hydrogen (secondary N) is 2. The number of likely N-dealkylation sites (tertiary alicyclic amines) is 1. The third kappa shape index (κ3) is 5.83. The molecule has 160 valence electrons. The van der Waals surface area contributed by atoms with Crippen LogP contribution in [0.3, 0.4) is 0 Å². The van der Waals surface area contributed by atoms with Crippen LogP contribution in [-0.4, -0.2) is 52.2 Å². The third-order valence-corrected chi connectivity index (χ3v) is 7.83. The zero-order valence-corrected chi connectivity index (χ0v) is 19.5. The quantitative estimate of drug-likeness (QED) is 0.663. The molecule has 2 aromatic rings. The number of fused-ring (bicyclic) bond motifs is 1. The van der Waals surface area contributed by atoms with E-state index in [9.17, 15) is 9.59 Å². The van der Waals surface area contributed by atoms with Gasteiger partial charge in [0.2, 0.25) is 5.91 Å². The maximum atomic E-state index is 12.5. The van der Waals surface area contributed by atoms with Crippen molar-refractivity contribution in [3.8, 4) is 0 Å². The Balaban J connectivity index is 1.47. The lowest BCUT2D eigenvalue weighted by Gasteiger charge is -2.29. The Labute approximate surface area is 180 Å². The molecule has 0 aromatic carbocycles. The summed E-state index contributed by atoms with van der Waals surface area (Å²) < 4.78 is 0. The van der Waals surface area contributed by atoms with E-state index < -0.39 is 0 Å². The summed E-state index contributed by atoms with van der Waals surface area (Å²) in [5.74, 6) is 1.64. The van der Waals surface area contributed by atoms with Crippen LogP contribution in [0.4, 0.5) is 0 Å². The number of hydrogen-bond acceptors (Lipinski definition) is 6. The minimum Gasteiger partial charge on any atom is -0.355 e. The number of H-pyrrole nitrogens is 1. The first kappa shape index (κ1) is 22.3. The highest BCUT2D eigenvalue weighted by molar-refractivity contribution is 7.99. The first-order valence-electron chi connectivity index (χ1n) is 10.5. The van der Waals surface area contributed by atoms with Gasteiger partial charge in [0.15, 0.2) is 0 Å². The molecule has 0 bridgehead atoms. The molecule has 1 fully saturated rings. The van der Waals surface area contributed by atoms with E-state index in [-0.39, 0.29) is 16.7 Å². The van der Waals surface area contributed by atoms with Crippen LogP contribution in [0.1, 0.15) is 49.4 Å². The summed E-state index contributed by atoms with van der Waals surface area (Å²) in [7, 11) is 0. The smallest absolute Gasteiger partial charge is 0.259 e. The molecule has 1 aliphatic heterocycles. The van der Waals surface area contributed by atoms with Gasteiger partial charge in [0.25, 0.3) is 5.56 Å². The van der Waals surface area contributed by atoms with Crippen molar-refractivity contribution >= 4 is 39.2 Å². The number of hydrogen-bond donors (Lipinski definition) is 2. The summed E-state index contributed by atoms with van der Waals surface area (Å²) in [6.07, 6.45) is 3.92. The second kappa shape index (κ2) is 10.1. The first-order chi connectivity index (χ1) is 13.8. The molecule has 3 rings (SSSR count). The summed E-state index contributed by atoms with van der Waals surface area (Å²) >= 11 is 3.05. The molecule has 29 heavy (non-hydrogen) atoms. The van der Waals surface area contributed by atoms with Crippen LogP contribution < -0.4 is 10.9 Å². The number of aromatic amines is 1. The molecule has 2 unspecified atom stereocenters. The number of thiophene rings is 1. The SMILES string of the molecule is Cc1sc2nc(CSC(C)C(=O)NCC(C)CN3CCCCC3)[nH]c(=O)c2c1C. The summed E-state index contributed by atoms with van der Waals surface area (Å²) in [6.45, 7) is 12.2. The van der Waals surface area contributed by atoms with E-state index in [0.717, 1.165) is 21.8 Å². The van der Waals surface area contributed by atoms with Crippen molar-refractivity contribution < 1.29 is 4.79 Å². The van der Waals surface area contributed by atoms with Gasteiger partial charge in [0.1, 0.15) is 10.7 Å². The number of rotatable bonds is 8. The van der Waals surface area contributed by atoms with Gasteiger partial charge in [-0.05, 0) is 58.2 Å². The average molecular weight is 437 g/mol. The van der Waals surface area contributed by atoms with Crippen LogP contribution in [-0.2, 0) is 10.5 Å². The number of aromatic nitrogens is 2. The second-order valence-corrected chi connectivity index (χ2v) is 10.7. The molecule has 6 nitrogen and oxygen atoms in total. The van der Waals surface area contributed by atoms with Gasteiger partial charge in [-0.1, -0.05) is 13.3 Å². The fraction of sp³-hybridized carbons (Fsp3) is 0.667. The van der Waals surface area contributed by atoms with Gasteiger partial charge >= 0.3 is 0 Å². The maximum absolute atomic E-state index is 12.5. The third-order valence-electron chi connectivity index (χ3n) is 5.57. The van der Waals surface area contributed by atoms with Crippen LogP contribution in [0.25, 0.3) is 10.2 Å². The number of nitrogens with zero attached hydrogens (tertiary/aromatic N) is 2. The van der Waals surface area contributed by atoms with E-state index in [1.54, 1.807) is 11.3 Å². The van der Waals surface area contributed by atoms with E-state index in [0.29, 0.717) is 29.4 Å². The monoisotopic (exact) mass is 436 g/mol. The van der Waals surface area contributed by atoms with Crippen LogP contribution >= 0.6 is 23.1 Å². The molecule has 3 heterocycles. The van der Waals surface area contributed by atoms with Crippen molar-refractivity contribution in [2.24, 2.45) is 5.92 Å². The van der Waals surface area contributed by atoms with Gasteiger partial charge in [-0.25, -0.2) is 4.98 Å². The molecule has 1 amide bonds. The molecule has 0 aliphatic carbocycles. The number of piperidine rings is 1. The lowest BCUT2D eigenvalue weighted by atomic mass is 10.1. The van der Waals surface area contributed by atoms with E-state index in [1.165, 1.54) is 44.1 Å². The van der Waals surface area contributed by atoms with Crippen molar-refractivity contribution in [1.29, 1.82) is 0 Å². The van der Waals surface area contributed by atoms with Crippen LogP contribution in [0.2, 0.25) is 0 Å². The maximum Gasteiger partial charge on any atom is 0.259 e. The Kier molecular flexibility index (Phi) is 7.76. The lowest BCUT2D eigenvalue weighted by Crippen LogP contribution is -2.39. The summed E-state index contributed by atoms with van der Waals surface area (Å²) in [6, 6.07) is 0. The Bertz CT molecular complexity index is 902. The summed E-state index contributed by atoms with van der Waals surface area (Å²) in [4.78, 5) is 36.7. The second-order valence-electron chi connectivity index (χ2n) is 8.14. The minimum absolute atomic E-state index is 0.0479. The number of carbonyl (C=O) groups excluding carboxylic acids is 1. The van der Waals surface area contributed by atoms with E-state index in [2.05, 4.69) is 27.1 Å². The van der Waals surface area contributed by atoms with Crippen molar-refractivity contribution in [2.75, 3.05) is 26.2 Å². The number of thioether (sulfide) groups is 1. The number of amides is 1. The molecule has 2 aromatic heterocycles. The first-order valence-corrected chi connectivity index (χ1v) is 12.3. The van der Waals surface area contributed by atoms with Crippen molar-refractivity contribution in [3.05, 3.63) is 26.6 Å². The standard InChI is InChI=1S/C21H32N4O2S2/c1-13(11-25-8-6-5-7-9-25)10-22-19(26)16(4)28-12-17-23-20(27)18-14(2)15(3)29-21(18)24-17/h13,16H,5-12H2,1-4H3,(H,22,26)(H,23,24,27). The largest absolute Gasteiger partial charge is 0.355 e. The minimum atomic E-state index is -0.190. The van der Waals surface area contributed by atoms with Gasteiger partial charge in [-0.15, -0.1) is 23.1 Å². The highest BCUT2D eigenvalue weighted by atomic mass is 32.2. The van der Waals surface area contributed by atoms with Crippen LogP contribution in [0.15, 0.2) is 4.79 Å². The lowest BCUT2D eigenvalue weighted by molar-refractivity contribution is -0.120. The predicted molar refractivity (Wildman–Crippen MR) is 123 cm³/mol. The molecule has 8 heteroatoms. The molecule has 0 spiro atoms. The number of carbonyl (C=O) groups is 1. The topological polar surface area (TPSA) is 78.1 Å². The Morgan fingerprint density at radius 2 is 2.00 bits per heavy atom. The van der Waals surface area contributed by atoms with Crippen molar-refractivity contribution in [3.63, 3.8) is 0 Å². The van der Waals surface area contributed by atoms with E-state index in [4.69, 9.17) is 0 Å². The van der Waals surface area contributed by atoms with Gasteiger partial charge < -0.3 is 15.2 Å². The molecule has 1 aliphatic rings. The Morgan fingerprint density at radius 1 is 1.28 bits per heavy atom. The zero-order valence-electron chi connectivity index (χ0n) is 17.8. The highest BCUT2D eigenvalue weighted by Gasteiger charge is 2.18. The average Bonchev–Trinajstić information content (AvgIpc) is 2.99. The molecule has 1 saturated heterocycles.